The first-order chi connectivity index (χ1) is 10.7. The van der Waals surface area contributed by atoms with E-state index in [-0.39, 0.29) is 18.3 Å². The first kappa shape index (κ1) is 15.8. The van der Waals surface area contributed by atoms with E-state index in [1.807, 2.05) is 27.7 Å². The van der Waals surface area contributed by atoms with Crippen LogP contribution in [0.3, 0.4) is 0 Å². The van der Waals surface area contributed by atoms with Crippen LogP contribution in [0.4, 0.5) is 0 Å². The number of fused-ring (bicyclic) bond motifs is 1. The Balaban J connectivity index is 1.56. The molecule has 0 bridgehead atoms. The molecule has 23 heavy (non-hydrogen) atoms. The molecule has 0 amide bonds. The van der Waals surface area contributed by atoms with Gasteiger partial charge in [0.2, 0.25) is 0 Å². The van der Waals surface area contributed by atoms with Crippen LogP contribution >= 0.6 is 0 Å². The van der Waals surface area contributed by atoms with Gasteiger partial charge in [0.1, 0.15) is 18.3 Å². The zero-order chi connectivity index (χ0) is 16.4. The standard InChI is InChI=1S/C16H25NO6/c1-15(2)19-8-10(21-15)11-12-13(23-16(3,4)22-12)14(20-11)17(18)7-9-5-6-9/h7,9-14H,5-6,8H2,1-4H3/b17-7-/t10-,11-,12+,13+,14+/m1/s1. The average Bonchev–Trinajstić information content (AvgIpc) is 2.96. The highest BCUT2D eigenvalue weighted by atomic mass is 16.8. The zero-order valence-corrected chi connectivity index (χ0v) is 14.1. The topological polar surface area (TPSA) is 72.2 Å². The van der Waals surface area contributed by atoms with Crippen molar-refractivity contribution < 1.29 is 28.4 Å². The van der Waals surface area contributed by atoms with Crippen molar-refractivity contribution >= 4 is 6.21 Å². The van der Waals surface area contributed by atoms with E-state index in [1.165, 1.54) is 0 Å². The molecule has 0 N–H and O–H groups in total. The van der Waals surface area contributed by atoms with Gasteiger partial charge in [-0.05, 0) is 40.5 Å². The lowest BCUT2D eigenvalue weighted by Crippen LogP contribution is -2.40. The Labute approximate surface area is 136 Å². The molecule has 0 unspecified atom stereocenters. The highest BCUT2D eigenvalue weighted by Crippen LogP contribution is 2.42. The van der Waals surface area contributed by atoms with E-state index in [2.05, 4.69) is 0 Å². The van der Waals surface area contributed by atoms with Crippen LogP contribution in [0.2, 0.25) is 0 Å². The molecule has 0 spiro atoms. The Morgan fingerprint density at radius 1 is 0.957 bits per heavy atom. The lowest BCUT2D eigenvalue weighted by molar-refractivity contribution is -0.563. The second-order valence-corrected chi connectivity index (χ2v) is 7.77. The fourth-order valence-electron chi connectivity index (χ4n) is 3.53. The Morgan fingerprint density at radius 3 is 2.26 bits per heavy atom. The van der Waals surface area contributed by atoms with Crippen molar-refractivity contribution in [2.75, 3.05) is 6.61 Å². The quantitative estimate of drug-likeness (QED) is 0.337. The van der Waals surface area contributed by atoms with E-state index < -0.39 is 23.9 Å². The molecule has 0 aromatic carbocycles. The monoisotopic (exact) mass is 327 g/mol. The third-order valence-corrected chi connectivity index (χ3v) is 4.69. The van der Waals surface area contributed by atoms with Gasteiger partial charge >= 0.3 is 0 Å². The fourth-order valence-corrected chi connectivity index (χ4v) is 3.53. The predicted molar refractivity (Wildman–Crippen MR) is 79.8 cm³/mol. The van der Waals surface area contributed by atoms with Gasteiger partial charge in [-0.3, -0.25) is 0 Å². The van der Waals surface area contributed by atoms with Crippen LogP contribution in [0.15, 0.2) is 0 Å². The fraction of sp³-hybridized carbons (Fsp3) is 0.938. The minimum absolute atomic E-state index is 0.269. The Kier molecular flexibility index (Phi) is 3.52. The highest BCUT2D eigenvalue weighted by molar-refractivity contribution is 5.58. The van der Waals surface area contributed by atoms with Gasteiger partial charge in [0.25, 0.3) is 6.23 Å². The number of hydroxylamine groups is 1. The summed E-state index contributed by atoms with van der Waals surface area (Å²) < 4.78 is 30.4. The molecule has 0 radical (unpaired) electrons. The Hall–Kier alpha value is -0.730. The first-order valence-corrected chi connectivity index (χ1v) is 8.37. The van der Waals surface area contributed by atoms with Crippen LogP contribution in [0.5, 0.6) is 0 Å². The van der Waals surface area contributed by atoms with Crippen LogP contribution in [-0.4, -0.2) is 59.8 Å². The van der Waals surface area contributed by atoms with Gasteiger partial charge in [-0.25, -0.2) is 0 Å². The molecule has 7 heteroatoms. The van der Waals surface area contributed by atoms with Gasteiger partial charge in [-0.15, -0.1) is 0 Å². The van der Waals surface area contributed by atoms with Crippen LogP contribution in [0.1, 0.15) is 40.5 Å². The maximum Gasteiger partial charge on any atom is 0.297 e. The number of ether oxygens (including phenoxy) is 5. The predicted octanol–water partition coefficient (Wildman–Crippen LogP) is 1.37. The maximum atomic E-state index is 12.5. The van der Waals surface area contributed by atoms with Crippen molar-refractivity contribution in [2.45, 2.75) is 82.8 Å². The number of rotatable bonds is 3. The van der Waals surface area contributed by atoms with Crippen molar-refractivity contribution in [1.82, 2.24) is 0 Å². The van der Waals surface area contributed by atoms with E-state index in [0.29, 0.717) is 12.5 Å². The van der Waals surface area contributed by atoms with Crippen LogP contribution in [-0.2, 0) is 23.7 Å². The lowest BCUT2D eigenvalue weighted by Gasteiger charge is -2.26. The van der Waals surface area contributed by atoms with Gasteiger partial charge in [-0.1, -0.05) is 0 Å². The zero-order valence-electron chi connectivity index (χ0n) is 14.1. The van der Waals surface area contributed by atoms with Gasteiger partial charge in [0.05, 0.1) is 6.61 Å². The normalized spacial score (nSPS) is 45.4. The largest absolute Gasteiger partial charge is 0.622 e. The summed E-state index contributed by atoms with van der Waals surface area (Å²) in [5.74, 6) is -1.01. The average molecular weight is 327 g/mol. The molecule has 7 nitrogen and oxygen atoms in total. The molecule has 4 rings (SSSR count). The van der Waals surface area contributed by atoms with Crippen LogP contribution < -0.4 is 0 Å². The number of nitrogens with zero attached hydrogens (tertiary/aromatic N) is 1. The van der Waals surface area contributed by atoms with E-state index in [9.17, 15) is 5.21 Å². The minimum Gasteiger partial charge on any atom is -0.622 e. The van der Waals surface area contributed by atoms with Gasteiger partial charge in [-0.2, -0.15) is 4.74 Å². The van der Waals surface area contributed by atoms with Crippen molar-refractivity contribution in [3.05, 3.63) is 5.21 Å². The van der Waals surface area contributed by atoms with Crippen molar-refractivity contribution in [1.29, 1.82) is 0 Å². The van der Waals surface area contributed by atoms with Gasteiger partial charge in [0, 0.05) is 5.92 Å². The second kappa shape index (κ2) is 5.13. The van der Waals surface area contributed by atoms with Crippen molar-refractivity contribution in [2.24, 2.45) is 5.92 Å². The molecule has 4 aliphatic rings. The van der Waals surface area contributed by atoms with E-state index >= 15 is 0 Å². The summed E-state index contributed by atoms with van der Waals surface area (Å²) in [7, 11) is 0. The van der Waals surface area contributed by atoms with E-state index in [4.69, 9.17) is 23.7 Å². The third kappa shape index (κ3) is 3.00. The van der Waals surface area contributed by atoms with E-state index in [0.717, 1.165) is 17.6 Å². The van der Waals surface area contributed by atoms with Crippen molar-refractivity contribution in [3.8, 4) is 0 Å². The molecular weight excluding hydrogens is 302 g/mol. The number of hydrogen-bond donors (Lipinski definition) is 0. The summed E-state index contributed by atoms with van der Waals surface area (Å²) in [5.41, 5.74) is 0. The molecule has 3 heterocycles. The molecule has 0 aromatic rings. The molecule has 130 valence electrons. The molecule has 3 saturated heterocycles. The third-order valence-electron chi connectivity index (χ3n) is 4.69. The molecule has 4 fully saturated rings. The molecule has 3 aliphatic heterocycles. The summed E-state index contributed by atoms with van der Waals surface area (Å²) in [6.07, 6.45) is 1.75. The first-order valence-electron chi connectivity index (χ1n) is 8.37. The van der Waals surface area contributed by atoms with Crippen LogP contribution in [0.25, 0.3) is 0 Å². The lowest BCUT2D eigenvalue weighted by atomic mass is 10.1. The molecular formula is C16H25NO6. The molecule has 0 aromatic heterocycles. The minimum atomic E-state index is -0.731. The summed E-state index contributed by atoms with van der Waals surface area (Å²) in [5, 5.41) is 12.5. The smallest absolute Gasteiger partial charge is 0.297 e. The molecule has 5 atom stereocenters. The highest BCUT2D eigenvalue weighted by Gasteiger charge is 2.62. The Morgan fingerprint density at radius 2 is 1.65 bits per heavy atom. The molecule has 1 aliphatic carbocycles. The van der Waals surface area contributed by atoms with E-state index in [1.54, 1.807) is 6.21 Å². The summed E-state index contributed by atoms with van der Waals surface area (Å²) in [6, 6.07) is 0. The molecule has 1 saturated carbocycles. The summed E-state index contributed by atoms with van der Waals surface area (Å²) >= 11 is 0. The summed E-state index contributed by atoms with van der Waals surface area (Å²) in [4.78, 5) is 0. The summed E-state index contributed by atoms with van der Waals surface area (Å²) in [6.45, 7) is 7.87. The Bertz CT molecular complexity index is 515. The van der Waals surface area contributed by atoms with Crippen LogP contribution in [0, 0.1) is 11.1 Å². The van der Waals surface area contributed by atoms with Gasteiger partial charge < -0.3 is 28.9 Å². The SMILES string of the molecule is CC1(C)O[C@H]2[C@@H]([C@H]3COC(C)(C)O3)O[C@H](/[N+]([O-])=C/C3CC3)[C@H]2O1. The van der Waals surface area contributed by atoms with Crippen molar-refractivity contribution in [3.63, 3.8) is 0 Å². The second-order valence-electron chi connectivity index (χ2n) is 7.77. The maximum absolute atomic E-state index is 12.5. The number of hydrogen-bond acceptors (Lipinski definition) is 6. The van der Waals surface area contributed by atoms with Gasteiger partial charge in [0.15, 0.2) is 23.9 Å².